The molecule has 0 aromatic rings. The fourth-order valence-corrected chi connectivity index (χ4v) is 0. The average Bonchev–Trinajstić information content (AvgIpc) is 1.37. The molecule has 0 aliphatic heterocycles. The summed E-state index contributed by atoms with van der Waals surface area (Å²) in [6, 6.07) is 0. The molecule has 0 spiro atoms. The Bertz CT molecular complexity index is 24.1. The van der Waals surface area contributed by atoms with Crippen LogP contribution in [0.4, 0.5) is 0 Å². The van der Waals surface area contributed by atoms with Crippen LogP contribution in [0.2, 0.25) is 5.25 Å². The van der Waals surface area contributed by atoms with Crippen molar-refractivity contribution in [2.75, 3.05) is 0 Å². The first kappa shape index (κ1) is 24.2. The van der Waals surface area contributed by atoms with Crippen molar-refractivity contribution in [2.24, 2.45) is 0 Å². The fourth-order valence-electron chi connectivity index (χ4n) is 0. The minimum Gasteiger partial charge on any atom is -0.147 e. The summed E-state index contributed by atoms with van der Waals surface area (Å²) in [6.45, 7) is 3.48. The van der Waals surface area contributed by atoms with Gasteiger partial charge >= 0.3 is 34.4 Å². The summed E-state index contributed by atoms with van der Waals surface area (Å²) in [5, 5.41) is 1.08. The van der Waals surface area contributed by atoms with Gasteiger partial charge in [-0.25, -0.2) is 0 Å². The predicted molar refractivity (Wildman–Crippen MR) is 42.5 cm³/mol. The van der Waals surface area contributed by atoms with E-state index in [0.29, 0.717) is 0 Å². The van der Waals surface area contributed by atoms with Crippen LogP contribution in [0.25, 0.3) is 0 Å². The Morgan fingerprint density at radius 2 is 1.43 bits per heavy atom. The third kappa shape index (κ3) is 41.0. The minimum atomic E-state index is 0. The van der Waals surface area contributed by atoms with Crippen molar-refractivity contribution in [1.29, 1.82) is 0 Å². The van der Waals surface area contributed by atoms with E-state index in [1.54, 1.807) is 0 Å². The molecule has 0 saturated carbocycles. The fraction of sp³-hybridized carbons (Fsp3) is 0.333. The van der Waals surface area contributed by atoms with Crippen LogP contribution >= 0.6 is 37.2 Å². The Hall–Kier alpha value is 1.15. The smallest absolute Gasteiger partial charge is 0.147 e. The van der Waals surface area contributed by atoms with Crippen LogP contribution in [0.15, 0.2) is 12.7 Å². The molecule has 0 aliphatic carbocycles. The summed E-state index contributed by atoms with van der Waals surface area (Å²) in [7, 11) is 0. The molecule has 0 N–H and O–H groups in total. The summed E-state index contributed by atoms with van der Waals surface area (Å²) >= 11 is 2.06. The van der Waals surface area contributed by atoms with Crippen LogP contribution in [-0.2, 0) is 0 Å². The second kappa shape index (κ2) is 27.2. The molecule has 0 heterocycles. The Balaban J connectivity index is -0.0000000150. The second-order valence-corrected chi connectivity index (χ2v) is 1.35. The molecule has 0 atom stereocenters. The maximum absolute atomic E-state index is 3.48. The Morgan fingerprint density at radius 3 is 1.43 bits per heavy atom. The predicted octanol–water partition coefficient (Wildman–Crippen LogP) is 2.02. The van der Waals surface area contributed by atoms with Crippen LogP contribution in [0.5, 0.6) is 0 Å². The van der Waals surface area contributed by atoms with Crippen LogP contribution in [-0.4, -0.2) is 16.5 Å². The Morgan fingerprint density at radius 1 is 1.29 bits per heavy atom. The Labute approximate surface area is 71.6 Å². The molecule has 3 radical (unpaired) electrons. The van der Waals surface area contributed by atoms with Crippen molar-refractivity contribution < 1.29 is 0 Å². The molecule has 0 aliphatic rings. The van der Waals surface area contributed by atoms with Gasteiger partial charge in [0.2, 0.25) is 0 Å². The maximum atomic E-state index is 3.48. The molecule has 4 heteroatoms. The van der Waals surface area contributed by atoms with E-state index in [1.165, 1.54) is 0 Å². The summed E-state index contributed by atoms with van der Waals surface area (Å²) in [6.07, 6.45) is 1.88. The molecular weight excluding hydrogens is 215 g/mol. The zero-order valence-corrected chi connectivity index (χ0v) is 8.26. The van der Waals surface area contributed by atoms with Crippen molar-refractivity contribution in [2.45, 2.75) is 5.25 Å². The van der Waals surface area contributed by atoms with E-state index in [1.807, 2.05) is 6.08 Å². The average molecular weight is 223 g/mol. The monoisotopic (exact) mass is 223 g/mol. The van der Waals surface area contributed by atoms with E-state index < -0.39 is 0 Å². The van der Waals surface area contributed by atoms with E-state index >= 15 is 0 Å². The van der Waals surface area contributed by atoms with Crippen LogP contribution < -0.4 is 0 Å². The molecule has 0 aromatic heterocycles. The second-order valence-electron chi connectivity index (χ2n) is 0.493. The molecule has 0 bridgehead atoms. The zero-order valence-electron chi connectivity index (χ0n) is 3.72. The summed E-state index contributed by atoms with van der Waals surface area (Å²) in [5.41, 5.74) is 0. The number of hydrogen-bond donors (Lipinski definition) is 0. The van der Waals surface area contributed by atoms with Crippen molar-refractivity contribution in [3.63, 3.8) is 0 Å². The van der Waals surface area contributed by atoms with Gasteiger partial charge in [-0.05, 0) is 0 Å². The normalized spacial score (nSPS) is 3.57. The van der Waals surface area contributed by atoms with Gasteiger partial charge in [-0.2, -0.15) is 0 Å². The van der Waals surface area contributed by atoms with Gasteiger partial charge in [-0.1, -0.05) is 0 Å². The molecule has 0 saturated heterocycles. The van der Waals surface area contributed by atoms with Crippen LogP contribution in [0, 0.1) is 0 Å². The third-order valence-electron chi connectivity index (χ3n) is 0.144. The summed E-state index contributed by atoms with van der Waals surface area (Å²) in [4.78, 5) is 0. The third-order valence-corrected chi connectivity index (χ3v) is 0.750. The molecule has 0 fully saturated rings. The zero-order chi connectivity index (χ0) is 3.41. The first-order valence-corrected chi connectivity index (χ1v) is 2.65. The molecule has 7 heavy (non-hydrogen) atoms. The molecule has 0 aromatic carbocycles. The first-order valence-electron chi connectivity index (χ1n) is 1.17. The SMILES string of the molecule is C=C[CH2][Ge].Cl.Cl.Cl. The van der Waals surface area contributed by atoms with Gasteiger partial charge < -0.3 is 0 Å². The quantitative estimate of drug-likeness (QED) is 0.471. The van der Waals surface area contributed by atoms with Crippen molar-refractivity contribution >= 4 is 53.7 Å². The molecule has 0 nitrogen and oxygen atoms in total. The van der Waals surface area contributed by atoms with Gasteiger partial charge in [0.25, 0.3) is 0 Å². The van der Waals surface area contributed by atoms with Gasteiger partial charge in [-0.3, -0.25) is 0 Å². The van der Waals surface area contributed by atoms with E-state index in [2.05, 4.69) is 23.1 Å². The maximum Gasteiger partial charge on any atom is -0.147 e. The summed E-state index contributed by atoms with van der Waals surface area (Å²) < 4.78 is 0. The Kier molecular flexibility index (Phi) is 94.1. The molecule has 45 valence electrons. The van der Waals surface area contributed by atoms with Gasteiger partial charge in [-0.15, -0.1) is 37.2 Å². The molecule has 0 unspecified atom stereocenters. The van der Waals surface area contributed by atoms with Crippen LogP contribution in [0.1, 0.15) is 0 Å². The standard InChI is InChI=1S/C3H5Ge.3ClH/c1-2-3-4;;;/h2H,1,3H2;3*1H. The van der Waals surface area contributed by atoms with E-state index in [9.17, 15) is 0 Å². The van der Waals surface area contributed by atoms with E-state index in [-0.39, 0.29) is 37.2 Å². The van der Waals surface area contributed by atoms with Gasteiger partial charge in [0.15, 0.2) is 0 Å². The number of halogens is 3. The number of hydrogen-bond acceptors (Lipinski definition) is 0. The van der Waals surface area contributed by atoms with E-state index in [0.717, 1.165) is 5.25 Å². The largest absolute Gasteiger partial charge is 0.147 e. The number of rotatable bonds is 1. The summed E-state index contributed by atoms with van der Waals surface area (Å²) in [5.74, 6) is 0. The van der Waals surface area contributed by atoms with E-state index in [4.69, 9.17) is 0 Å². The van der Waals surface area contributed by atoms with Gasteiger partial charge in [0.1, 0.15) is 0 Å². The number of allylic oxidation sites excluding steroid dienone is 1. The first-order chi connectivity index (χ1) is 1.91. The van der Waals surface area contributed by atoms with Crippen LogP contribution in [0.3, 0.4) is 0 Å². The molecule has 0 rings (SSSR count). The minimum absolute atomic E-state index is 0. The van der Waals surface area contributed by atoms with Crippen molar-refractivity contribution in [1.82, 2.24) is 0 Å². The topological polar surface area (TPSA) is 0 Å². The van der Waals surface area contributed by atoms with Gasteiger partial charge in [0, 0.05) is 0 Å². The van der Waals surface area contributed by atoms with Crippen molar-refractivity contribution in [3.8, 4) is 0 Å². The van der Waals surface area contributed by atoms with Gasteiger partial charge in [0.05, 0.1) is 0 Å². The van der Waals surface area contributed by atoms with Crippen molar-refractivity contribution in [3.05, 3.63) is 12.7 Å². The molecule has 0 amide bonds. The molecular formula is C3H8Cl3Ge.